The summed E-state index contributed by atoms with van der Waals surface area (Å²) in [5.41, 5.74) is 0. The summed E-state index contributed by atoms with van der Waals surface area (Å²) in [6, 6.07) is 0. The largest absolute Gasteiger partial charge is 0.481 e. The predicted octanol–water partition coefficient (Wildman–Crippen LogP) is 2.26. The zero-order valence-corrected chi connectivity index (χ0v) is 10.7. The second-order valence-electron chi connectivity index (χ2n) is 4.33. The van der Waals surface area contributed by atoms with E-state index in [4.69, 9.17) is 5.11 Å². The van der Waals surface area contributed by atoms with Crippen LogP contribution in [0.2, 0.25) is 0 Å². The van der Waals surface area contributed by atoms with Gasteiger partial charge in [-0.3, -0.25) is 9.59 Å². The van der Waals surface area contributed by atoms with E-state index in [0.29, 0.717) is 12.8 Å². The van der Waals surface area contributed by atoms with Crippen LogP contribution in [-0.2, 0) is 14.4 Å². The average molecular weight is 246 g/mol. The van der Waals surface area contributed by atoms with E-state index in [0.717, 1.165) is 11.8 Å². The van der Waals surface area contributed by atoms with Crippen LogP contribution in [0.3, 0.4) is 0 Å². The van der Waals surface area contributed by atoms with Crippen molar-refractivity contribution in [2.45, 2.75) is 51.2 Å². The van der Waals surface area contributed by atoms with E-state index in [1.807, 2.05) is 13.8 Å². The van der Waals surface area contributed by atoms with Gasteiger partial charge in [0, 0.05) is 17.6 Å². The van der Waals surface area contributed by atoms with Gasteiger partial charge in [-0.15, -0.1) is 0 Å². The van der Waals surface area contributed by atoms with Gasteiger partial charge in [0.2, 0.25) is 0 Å². The number of ketones is 1. The van der Waals surface area contributed by atoms with E-state index in [1.54, 1.807) is 0 Å². The Morgan fingerprint density at radius 1 is 1.12 bits per heavy atom. The highest BCUT2D eigenvalue weighted by molar-refractivity contribution is 8.14. The summed E-state index contributed by atoms with van der Waals surface area (Å²) in [4.78, 5) is 32.5. The molecule has 0 radical (unpaired) electrons. The van der Waals surface area contributed by atoms with E-state index in [2.05, 4.69) is 0 Å². The molecule has 0 rings (SSSR count). The normalized spacial score (nSPS) is 11.2. The maximum atomic E-state index is 11.4. The second-order valence-corrected chi connectivity index (χ2v) is 6.09. The van der Waals surface area contributed by atoms with Gasteiger partial charge in [0.15, 0.2) is 5.12 Å². The summed E-state index contributed by atoms with van der Waals surface area (Å²) >= 11 is 1.13. The molecule has 0 spiro atoms. The van der Waals surface area contributed by atoms with Crippen LogP contribution in [0.15, 0.2) is 0 Å². The molecule has 0 saturated heterocycles. The summed E-state index contributed by atoms with van der Waals surface area (Å²) in [5, 5.41) is 8.30. The third kappa shape index (κ3) is 8.47. The zero-order chi connectivity index (χ0) is 12.8. The lowest BCUT2D eigenvalue weighted by Crippen LogP contribution is -2.19. The lowest BCUT2D eigenvalue weighted by atomic mass is 10.1. The Bertz CT molecular complexity index is 284. The lowest BCUT2D eigenvalue weighted by molar-refractivity contribution is -0.138. The molecule has 1 N–H and O–H groups in total. The fourth-order valence-electron chi connectivity index (χ4n) is 1.10. The average Bonchev–Trinajstić information content (AvgIpc) is 2.11. The molecule has 0 unspecified atom stereocenters. The molecule has 0 aliphatic carbocycles. The third-order valence-electron chi connectivity index (χ3n) is 2.01. The first-order chi connectivity index (χ1) is 7.23. The van der Waals surface area contributed by atoms with Crippen LogP contribution in [0, 0.1) is 0 Å². The minimum absolute atomic E-state index is 0.0451. The van der Waals surface area contributed by atoms with Gasteiger partial charge in [0.1, 0.15) is 5.78 Å². The lowest BCUT2D eigenvalue weighted by Gasteiger charge is -2.22. The van der Waals surface area contributed by atoms with Crippen molar-refractivity contribution in [3.63, 3.8) is 0 Å². The first-order valence-electron chi connectivity index (χ1n) is 5.16. The Kier molecular flexibility index (Phi) is 6.33. The molecule has 0 aromatic rings. The van der Waals surface area contributed by atoms with Gasteiger partial charge in [-0.25, -0.2) is 0 Å². The van der Waals surface area contributed by atoms with Gasteiger partial charge in [-0.2, -0.15) is 0 Å². The smallest absolute Gasteiger partial charge is 0.303 e. The Hall–Kier alpha value is -0.840. The number of carbonyl (C=O) groups is 3. The van der Waals surface area contributed by atoms with Crippen LogP contribution >= 0.6 is 11.8 Å². The van der Waals surface area contributed by atoms with Crippen LogP contribution in [0.5, 0.6) is 0 Å². The molecule has 0 fully saturated rings. The summed E-state index contributed by atoms with van der Waals surface area (Å²) in [6.45, 7) is 5.30. The SMILES string of the molecule is CC(=O)CCC(C)(C)SC(=O)CCC(=O)O. The maximum absolute atomic E-state index is 11.4. The Morgan fingerprint density at radius 2 is 1.69 bits per heavy atom. The van der Waals surface area contributed by atoms with E-state index in [-0.39, 0.29) is 28.5 Å². The Balaban J connectivity index is 3.99. The molecular weight excluding hydrogens is 228 g/mol. The van der Waals surface area contributed by atoms with E-state index in [1.165, 1.54) is 6.92 Å². The number of carbonyl (C=O) groups excluding carboxylic acids is 2. The standard InChI is InChI=1S/C11H18O4S/c1-8(12)6-7-11(2,3)16-10(15)5-4-9(13)14/h4-7H2,1-3H3,(H,13,14). The molecule has 4 nitrogen and oxygen atoms in total. The van der Waals surface area contributed by atoms with Crippen LogP contribution in [-0.4, -0.2) is 26.7 Å². The molecule has 0 aromatic heterocycles. The van der Waals surface area contributed by atoms with Crippen molar-refractivity contribution < 1.29 is 19.5 Å². The van der Waals surface area contributed by atoms with Gasteiger partial charge < -0.3 is 9.90 Å². The van der Waals surface area contributed by atoms with Crippen molar-refractivity contribution in [1.82, 2.24) is 0 Å². The molecule has 0 aliphatic heterocycles. The van der Waals surface area contributed by atoms with Crippen LogP contribution in [0.1, 0.15) is 46.5 Å². The van der Waals surface area contributed by atoms with E-state index >= 15 is 0 Å². The number of hydrogen-bond donors (Lipinski definition) is 1. The highest BCUT2D eigenvalue weighted by Crippen LogP contribution is 2.31. The first-order valence-corrected chi connectivity index (χ1v) is 5.97. The molecule has 0 bridgehead atoms. The maximum Gasteiger partial charge on any atom is 0.303 e. The van der Waals surface area contributed by atoms with Gasteiger partial charge in [-0.05, 0) is 13.3 Å². The predicted molar refractivity (Wildman–Crippen MR) is 63.5 cm³/mol. The van der Waals surface area contributed by atoms with Crippen molar-refractivity contribution in [2.24, 2.45) is 0 Å². The Morgan fingerprint density at radius 3 is 2.12 bits per heavy atom. The van der Waals surface area contributed by atoms with Gasteiger partial charge in [0.25, 0.3) is 0 Å². The summed E-state index contributed by atoms with van der Waals surface area (Å²) < 4.78 is -0.304. The van der Waals surface area contributed by atoms with Crippen molar-refractivity contribution in [3.05, 3.63) is 0 Å². The molecule has 92 valence electrons. The van der Waals surface area contributed by atoms with Crippen molar-refractivity contribution in [2.75, 3.05) is 0 Å². The van der Waals surface area contributed by atoms with E-state index < -0.39 is 5.97 Å². The van der Waals surface area contributed by atoms with Crippen LogP contribution in [0.4, 0.5) is 0 Å². The van der Waals surface area contributed by atoms with Crippen molar-refractivity contribution >= 4 is 28.6 Å². The molecule has 0 amide bonds. The van der Waals surface area contributed by atoms with Crippen molar-refractivity contribution in [3.8, 4) is 0 Å². The molecule has 0 aliphatic rings. The minimum Gasteiger partial charge on any atom is -0.481 e. The Labute approximate surface area is 99.8 Å². The molecule has 16 heavy (non-hydrogen) atoms. The summed E-state index contributed by atoms with van der Waals surface area (Å²) in [5.74, 6) is -0.859. The quantitative estimate of drug-likeness (QED) is 0.746. The topological polar surface area (TPSA) is 71.4 Å². The number of Topliss-reactive ketones (excluding diaryl/α,β-unsaturated/α-hetero) is 1. The molecule has 0 heterocycles. The molecule has 0 saturated carbocycles. The number of carboxylic acid groups (broad SMARTS) is 1. The van der Waals surface area contributed by atoms with Gasteiger partial charge in [-0.1, -0.05) is 25.6 Å². The van der Waals surface area contributed by atoms with Crippen molar-refractivity contribution in [1.29, 1.82) is 0 Å². The monoisotopic (exact) mass is 246 g/mol. The zero-order valence-electron chi connectivity index (χ0n) is 9.91. The third-order valence-corrected chi connectivity index (χ3v) is 3.20. The second kappa shape index (κ2) is 6.68. The minimum atomic E-state index is -0.963. The molecule has 5 heteroatoms. The summed E-state index contributed by atoms with van der Waals surface area (Å²) in [7, 11) is 0. The fourth-order valence-corrected chi connectivity index (χ4v) is 2.12. The number of aliphatic carboxylic acids is 1. The van der Waals surface area contributed by atoms with Gasteiger partial charge in [0.05, 0.1) is 6.42 Å². The molecule has 0 atom stereocenters. The molecular formula is C11H18O4S. The van der Waals surface area contributed by atoms with E-state index in [9.17, 15) is 14.4 Å². The summed E-state index contributed by atoms with van der Waals surface area (Å²) in [6.07, 6.45) is 0.996. The van der Waals surface area contributed by atoms with Gasteiger partial charge >= 0.3 is 5.97 Å². The first kappa shape index (κ1) is 15.2. The number of rotatable bonds is 7. The highest BCUT2D eigenvalue weighted by Gasteiger charge is 2.23. The number of thioether (sulfide) groups is 1. The highest BCUT2D eigenvalue weighted by atomic mass is 32.2. The molecule has 0 aromatic carbocycles. The number of hydrogen-bond acceptors (Lipinski definition) is 4. The van der Waals surface area contributed by atoms with Crippen LogP contribution < -0.4 is 0 Å². The fraction of sp³-hybridized carbons (Fsp3) is 0.727. The van der Waals surface area contributed by atoms with Crippen LogP contribution in [0.25, 0.3) is 0 Å². The number of carboxylic acids is 1.